The van der Waals surface area contributed by atoms with Gasteiger partial charge in [0.25, 0.3) is 0 Å². The van der Waals surface area contributed by atoms with Crippen molar-refractivity contribution in [2.45, 2.75) is 19.9 Å². The second kappa shape index (κ2) is 8.24. The summed E-state index contributed by atoms with van der Waals surface area (Å²) < 4.78 is 18.6. The highest BCUT2D eigenvalue weighted by Gasteiger charge is 2.18. The molecule has 2 rings (SSSR count). The average molecular weight is 360 g/mol. The lowest BCUT2D eigenvalue weighted by atomic mass is 10.1. The maximum atomic E-state index is 13.7. The largest absolute Gasteiger partial charge is 0.494 e. The fraction of sp³-hybridized carbons (Fsp3) is 0.333. The number of hydrogen-bond donors (Lipinski definition) is 2. The van der Waals surface area contributed by atoms with Crippen molar-refractivity contribution in [1.29, 1.82) is 0 Å². The van der Waals surface area contributed by atoms with Crippen LogP contribution in [0.15, 0.2) is 23.6 Å². The molecule has 0 aliphatic rings. The first-order chi connectivity index (χ1) is 10.4. The van der Waals surface area contributed by atoms with Crippen LogP contribution in [-0.2, 0) is 4.79 Å². The minimum atomic E-state index is -0.592. The van der Waals surface area contributed by atoms with E-state index in [1.807, 2.05) is 13.8 Å². The third-order valence-electron chi connectivity index (χ3n) is 3.20. The number of carbonyl (C=O) groups is 1. The highest BCUT2D eigenvalue weighted by Crippen LogP contribution is 2.28. The molecular weight excluding hydrogens is 341 g/mol. The van der Waals surface area contributed by atoms with Crippen LogP contribution in [0.1, 0.15) is 13.8 Å². The Morgan fingerprint density at radius 3 is 2.70 bits per heavy atom. The van der Waals surface area contributed by atoms with E-state index in [2.05, 4.69) is 10.3 Å². The molecule has 8 heteroatoms. The Morgan fingerprint density at radius 2 is 2.13 bits per heavy atom. The number of anilines is 1. The molecule has 0 saturated carbocycles. The maximum Gasteiger partial charge on any atom is 0.243 e. The number of ether oxygens (including phenoxy) is 1. The van der Waals surface area contributed by atoms with Gasteiger partial charge in [-0.3, -0.25) is 4.79 Å². The molecule has 1 heterocycles. The van der Waals surface area contributed by atoms with Gasteiger partial charge in [0.2, 0.25) is 5.91 Å². The number of nitrogens with one attached hydrogen (secondary N) is 1. The van der Waals surface area contributed by atoms with Crippen LogP contribution in [0, 0.1) is 11.7 Å². The van der Waals surface area contributed by atoms with E-state index in [9.17, 15) is 9.18 Å². The van der Waals surface area contributed by atoms with E-state index in [-0.39, 0.29) is 30.0 Å². The summed E-state index contributed by atoms with van der Waals surface area (Å²) in [5.41, 5.74) is 6.98. The molecule has 5 nitrogen and oxygen atoms in total. The molecule has 1 amide bonds. The van der Waals surface area contributed by atoms with Crippen LogP contribution in [0.5, 0.6) is 5.75 Å². The van der Waals surface area contributed by atoms with Crippen LogP contribution in [0.2, 0.25) is 0 Å². The molecular formula is C15H19ClFN3O2S. The Morgan fingerprint density at radius 1 is 1.43 bits per heavy atom. The van der Waals surface area contributed by atoms with Crippen molar-refractivity contribution < 1.29 is 13.9 Å². The van der Waals surface area contributed by atoms with Gasteiger partial charge in [0, 0.05) is 10.9 Å². The minimum Gasteiger partial charge on any atom is -0.494 e. The van der Waals surface area contributed by atoms with Gasteiger partial charge in [0.05, 0.1) is 18.8 Å². The predicted molar refractivity (Wildman–Crippen MR) is 92.8 cm³/mol. The molecule has 0 bridgehead atoms. The Bertz CT molecular complexity index is 678. The van der Waals surface area contributed by atoms with Crippen molar-refractivity contribution in [3.8, 4) is 17.0 Å². The molecule has 0 spiro atoms. The third kappa shape index (κ3) is 4.63. The first-order valence-electron chi connectivity index (χ1n) is 6.78. The van der Waals surface area contributed by atoms with Crippen LogP contribution >= 0.6 is 23.7 Å². The van der Waals surface area contributed by atoms with E-state index >= 15 is 0 Å². The molecule has 23 heavy (non-hydrogen) atoms. The van der Waals surface area contributed by atoms with E-state index in [1.54, 1.807) is 11.4 Å². The number of methoxy groups -OCH3 is 1. The number of nitrogens with two attached hydrogens (primary N) is 1. The number of nitrogens with zero attached hydrogens (tertiary/aromatic N) is 1. The lowest BCUT2D eigenvalue weighted by Crippen LogP contribution is -2.39. The Labute approximate surface area is 144 Å². The fourth-order valence-electron chi connectivity index (χ4n) is 1.78. The summed E-state index contributed by atoms with van der Waals surface area (Å²) in [6, 6.07) is 4.00. The summed E-state index contributed by atoms with van der Waals surface area (Å²) in [6.45, 7) is 3.75. The Balaban J connectivity index is 0.00000264. The molecule has 0 aliphatic heterocycles. The Hall–Kier alpha value is -1.70. The maximum absolute atomic E-state index is 13.7. The summed E-state index contributed by atoms with van der Waals surface area (Å²) in [6.07, 6.45) is 0. The number of benzene rings is 1. The normalized spacial score (nSPS) is 11.7. The number of halogens is 2. The first-order valence-corrected chi connectivity index (χ1v) is 7.66. The van der Waals surface area contributed by atoms with Gasteiger partial charge in [-0.05, 0) is 24.1 Å². The molecule has 126 valence electrons. The highest BCUT2D eigenvalue weighted by atomic mass is 35.5. The molecule has 0 radical (unpaired) electrons. The van der Waals surface area contributed by atoms with Gasteiger partial charge in [-0.2, -0.15) is 0 Å². The zero-order chi connectivity index (χ0) is 16.3. The topological polar surface area (TPSA) is 77.2 Å². The number of thiazole rings is 1. The zero-order valence-corrected chi connectivity index (χ0v) is 14.6. The Kier molecular flexibility index (Phi) is 6.93. The van der Waals surface area contributed by atoms with E-state index in [4.69, 9.17) is 10.5 Å². The van der Waals surface area contributed by atoms with Gasteiger partial charge in [-0.25, -0.2) is 9.37 Å². The van der Waals surface area contributed by atoms with Crippen LogP contribution in [-0.4, -0.2) is 24.0 Å². The van der Waals surface area contributed by atoms with Gasteiger partial charge in [0.1, 0.15) is 0 Å². The number of amides is 1. The molecule has 0 fully saturated rings. The molecule has 2 aromatic rings. The quantitative estimate of drug-likeness (QED) is 0.858. The molecule has 3 N–H and O–H groups in total. The second-order valence-electron chi connectivity index (χ2n) is 5.15. The van der Waals surface area contributed by atoms with Gasteiger partial charge in [-0.15, -0.1) is 23.7 Å². The van der Waals surface area contributed by atoms with E-state index < -0.39 is 11.9 Å². The van der Waals surface area contributed by atoms with E-state index in [0.717, 1.165) is 0 Å². The third-order valence-corrected chi connectivity index (χ3v) is 3.96. The van der Waals surface area contributed by atoms with Gasteiger partial charge < -0.3 is 15.8 Å². The standard InChI is InChI=1S/C15H18FN3O2S.ClH/c1-8(2)13(17)14(20)19-15-18-11(7-22-15)9-4-5-12(21-3)10(16)6-9;/h4-8,13H,17H2,1-3H3,(H,18,19,20);1H. The molecule has 1 aromatic carbocycles. The predicted octanol–water partition coefficient (Wildman–Crippen LogP) is 3.30. The summed E-state index contributed by atoms with van der Waals surface area (Å²) in [5, 5.41) is 4.86. The average Bonchev–Trinajstić information content (AvgIpc) is 2.94. The molecule has 0 saturated heterocycles. The van der Waals surface area contributed by atoms with Crippen LogP contribution in [0.4, 0.5) is 9.52 Å². The molecule has 0 aliphatic carbocycles. The van der Waals surface area contributed by atoms with E-state index in [0.29, 0.717) is 16.4 Å². The summed E-state index contributed by atoms with van der Waals surface area (Å²) in [5.74, 6) is -0.525. The van der Waals surface area contributed by atoms with Crippen molar-refractivity contribution >= 4 is 34.8 Å². The van der Waals surface area contributed by atoms with Crippen molar-refractivity contribution in [2.24, 2.45) is 11.7 Å². The number of aromatic nitrogens is 1. The molecule has 1 aromatic heterocycles. The van der Waals surface area contributed by atoms with Crippen LogP contribution < -0.4 is 15.8 Å². The molecule has 1 atom stereocenters. The van der Waals surface area contributed by atoms with Gasteiger partial charge in [0.15, 0.2) is 16.7 Å². The minimum absolute atomic E-state index is 0. The summed E-state index contributed by atoms with van der Waals surface area (Å²) in [7, 11) is 1.41. The van der Waals surface area contributed by atoms with Crippen molar-refractivity contribution in [3.63, 3.8) is 0 Å². The van der Waals surface area contributed by atoms with Crippen molar-refractivity contribution in [2.75, 3.05) is 12.4 Å². The monoisotopic (exact) mass is 359 g/mol. The summed E-state index contributed by atoms with van der Waals surface area (Å²) in [4.78, 5) is 16.2. The molecule has 1 unspecified atom stereocenters. The lowest BCUT2D eigenvalue weighted by Gasteiger charge is -2.13. The highest BCUT2D eigenvalue weighted by molar-refractivity contribution is 7.14. The van der Waals surface area contributed by atoms with E-state index in [1.165, 1.54) is 30.6 Å². The number of rotatable bonds is 5. The number of hydrogen-bond acceptors (Lipinski definition) is 5. The van der Waals surface area contributed by atoms with Crippen molar-refractivity contribution in [1.82, 2.24) is 4.98 Å². The SMILES string of the molecule is COc1ccc(-c2csc(NC(=O)C(N)C(C)C)n2)cc1F.Cl. The summed E-state index contributed by atoms with van der Waals surface area (Å²) >= 11 is 1.27. The van der Waals surface area contributed by atoms with Crippen molar-refractivity contribution in [3.05, 3.63) is 29.4 Å². The lowest BCUT2D eigenvalue weighted by molar-refractivity contribution is -0.118. The second-order valence-corrected chi connectivity index (χ2v) is 6.00. The van der Waals surface area contributed by atoms with Crippen LogP contribution in [0.25, 0.3) is 11.3 Å². The number of carbonyl (C=O) groups excluding carboxylic acids is 1. The van der Waals surface area contributed by atoms with Gasteiger partial charge >= 0.3 is 0 Å². The smallest absolute Gasteiger partial charge is 0.243 e. The zero-order valence-electron chi connectivity index (χ0n) is 13.0. The van der Waals surface area contributed by atoms with Crippen LogP contribution in [0.3, 0.4) is 0 Å². The van der Waals surface area contributed by atoms with Gasteiger partial charge in [-0.1, -0.05) is 13.8 Å². The fourth-order valence-corrected chi connectivity index (χ4v) is 2.50. The first kappa shape index (κ1) is 19.3.